The lowest BCUT2D eigenvalue weighted by atomic mass is 9.87. The van der Waals surface area contributed by atoms with Gasteiger partial charge in [0.05, 0.1) is 17.5 Å². The first-order valence-corrected chi connectivity index (χ1v) is 7.96. The maximum Gasteiger partial charge on any atom is 0.434 e. The molecular weight excluding hydrogens is 339 g/mol. The highest BCUT2D eigenvalue weighted by atomic mass is 19.4. The van der Waals surface area contributed by atoms with Gasteiger partial charge in [-0.1, -0.05) is 0 Å². The molecule has 1 fully saturated rings. The van der Waals surface area contributed by atoms with Crippen LogP contribution in [0.1, 0.15) is 45.0 Å². The molecule has 0 atom stereocenters. The van der Waals surface area contributed by atoms with Gasteiger partial charge < -0.3 is 14.7 Å². The molecule has 2 rings (SSSR count). The van der Waals surface area contributed by atoms with Crippen molar-refractivity contribution >= 4 is 6.09 Å². The highest BCUT2D eigenvalue weighted by molar-refractivity contribution is 5.68. The Balaban J connectivity index is 1.93. The number of amides is 1. The van der Waals surface area contributed by atoms with Crippen molar-refractivity contribution in [2.45, 2.75) is 57.4 Å². The Morgan fingerprint density at radius 3 is 2.28 bits per heavy atom. The second-order valence-electron chi connectivity index (χ2n) is 7.26. The van der Waals surface area contributed by atoms with E-state index >= 15 is 0 Å². The topological polar surface area (TPSA) is 75.5 Å². The van der Waals surface area contributed by atoms with Crippen LogP contribution in [0, 0.1) is 0 Å². The molecule has 1 N–H and O–H groups in total. The van der Waals surface area contributed by atoms with Crippen molar-refractivity contribution in [2.24, 2.45) is 0 Å². The number of aliphatic hydroxyl groups is 1. The molecule has 1 aliphatic heterocycles. The van der Waals surface area contributed by atoms with Crippen LogP contribution in [-0.2, 0) is 17.3 Å². The van der Waals surface area contributed by atoms with E-state index < -0.39 is 29.2 Å². The number of halogens is 3. The predicted octanol–water partition coefficient (Wildman–Crippen LogP) is 2.80. The summed E-state index contributed by atoms with van der Waals surface area (Å²) in [4.78, 5) is 20.6. The minimum absolute atomic E-state index is 0.0836. The van der Waals surface area contributed by atoms with Gasteiger partial charge in [-0.3, -0.25) is 4.98 Å². The molecule has 1 aromatic heterocycles. The summed E-state index contributed by atoms with van der Waals surface area (Å²) >= 11 is 0. The SMILES string of the molecule is CC(C)(C)OC(=O)N1CCC(O)(Cc2cnc(C(F)(F)F)cn2)CC1. The summed E-state index contributed by atoms with van der Waals surface area (Å²) < 4.78 is 42.8. The molecule has 0 bridgehead atoms. The molecule has 1 aliphatic rings. The third kappa shape index (κ3) is 5.55. The van der Waals surface area contributed by atoms with Crippen LogP contribution in [0.15, 0.2) is 12.4 Å². The number of likely N-dealkylation sites (tertiary alicyclic amines) is 1. The third-order valence-corrected chi connectivity index (χ3v) is 3.85. The molecule has 140 valence electrons. The lowest BCUT2D eigenvalue weighted by Gasteiger charge is -2.38. The lowest BCUT2D eigenvalue weighted by Crippen LogP contribution is -2.49. The van der Waals surface area contributed by atoms with Crippen molar-refractivity contribution in [2.75, 3.05) is 13.1 Å². The Kier molecular flexibility index (Phi) is 5.27. The average Bonchev–Trinajstić information content (AvgIpc) is 2.45. The summed E-state index contributed by atoms with van der Waals surface area (Å²) in [6, 6.07) is 0. The number of piperidine rings is 1. The quantitative estimate of drug-likeness (QED) is 0.877. The molecule has 0 spiro atoms. The van der Waals surface area contributed by atoms with E-state index in [1.54, 1.807) is 20.8 Å². The maximum absolute atomic E-state index is 12.5. The molecular formula is C16H22F3N3O3. The van der Waals surface area contributed by atoms with E-state index in [2.05, 4.69) is 9.97 Å². The highest BCUT2D eigenvalue weighted by Crippen LogP contribution is 2.29. The van der Waals surface area contributed by atoms with Crippen LogP contribution in [0.3, 0.4) is 0 Å². The first kappa shape index (κ1) is 19.4. The fourth-order valence-electron chi connectivity index (χ4n) is 2.54. The van der Waals surface area contributed by atoms with E-state index in [-0.39, 0.29) is 25.0 Å². The highest BCUT2D eigenvalue weighted by Gasteiger charge is 2.37. The number of alkyl halides is 3. The molecule has 0 aliphatic carbocycles. The molecule has 1 amide bonds. The van der Waals surface area contributed by atoms with Crippen LogP contribution in [0.5, 0.6) is 0 Å². The molecule has 0 aromatic carbocycles. The zero-order chi connectivity index (χ0) is 18.9. The molecule has 0 unspecified atom stereocenters. The van der Waals surface area contributed by atoms with Crippen LogP contribution in [-0.4, -0.2) is 50.4 Å². The largest absolute Gasteiger partial charge is 0.444 e. The smallest absolute Gasteiger partial charge is 0.434 e. The summed E-state index contributed by atoms with van der Waals surface area (Å²) in [6.45, 7) is 5.93. The number of nitrogens with zero attached hydrogens (tertiary/aromatic N) is 3. The fourth-order valence-corrected chi connectivity index (χ4v) is 2.54. The number of hydrogen-bond acceptors (Lipinski definition) is 5. The van der Waals surface area contributed by atoms with Gasteiger partial charge in [-0.2, -0.15) is 13.2 Å². The maximum atomic E-state index is 12.5. The van der Waals surface area contributed by atoms with Gasteiger partial charge in [-0.25, -0.2) is 9.78 Å². The number of rotatable bonds is 2. The van der Waals surface area contributed by atoms with Crippen molar-refractivity contribution in [3.05, 3.63) is 23.8 Å². The Labute approximate surface area is 144 Å². The second-order valence-corrected chi connectivity index (χ2v) is 7.26. The third-order valence-electron chi connectivity index (χ3n) is 3.85. The first-order valence-electron chi connectivity index (χ1n) is 7.96. The summed E-state index contributed by atoms with van der Waals surface area (Å²) in [5.74, 6) is 0. The molecule has 1 aromatic rings. The monoisotopic (exact) mass is 361 g/mol. The van der Waals surface area contributed by atoms with Crippen LogP contribution >= 0.6 is 0 Å². The molecule has 25 heavy (non-hydrogen) atoms. The fraction of sp³-hybridized carbons (Fsp3) is 0.688. The first-order chi connectivity index (χ1) is 11.4. The van der Waals surface area contributed by atoms with E-state index in [1.807, 2.05) is 0 Å². The molecule has 1 saturated heterocycles. The normalized spacial score (nSPS) is 18.1. The van der Waals surface area contributed by atoms with E-state index in [0.29, 0.717) is 19.3 Å². The minimum Gasteiger partial charge on any atom is -0.444 e. The van der Waals surface area contributed by atoms with Crippen molar-refractivity contribution in [1.82, 2.24) is 14.9 Å². The van der Waals surface area contributed by atoms with Crippen molar-refractivity contribution in [3.8, 4) is 0 Å². The number of hydrogen-bond donors (Lipinski definition) is 1. The summed E-state index contributed by atoms with van der Waals surface area (Å²) in [5.41, 5.74) is -2.52. The molecule has 2 heterocycles. The Morgan fingerprint density at radius 2 is 1.84 bits per heavy atom. The van der Waals surface area contributed by atoms with E-state index in [9.17, 15) is 23.1 Å². The zero-order valence-electron chi connectivity index (χ0n) is 14.4. The minimum atomic E-state index is -4.54. The molecule has 9 heteroatoms. The summed E-state index contributed by atoms with van der Waals surface area (Å²) in [7, 11) is 0. The number of carbonyl (C=O) groups excluding carboxylic acids is 1. The Morgan fingerprint density at radius 1 is 1.24 bits per heavy atom. The van der Waals surface area contributed by atoms with Crippen molar-refractivity contribution in [3.63, 3.8) is 0 Å². The van der Waals surface area contributed by atoms with Gasteiger partial charge in [-0.15, -0.1) is 0 Å². The number of carbonyl (C=O) groups is 1. The van der Waals surface area contributed by atoms with Gasteiger partial charge in [-0.05, 0) is 33.6 Å². The molecule has 0 radical (unpaired) electrons. The van der Waals surface area contributed by atoms with Gasteiger partial charge >= 0.3 is 12.3 Å². The Hall–Kier alpha value is -1.90. The van der Waals surface area contributed by atoms with Gasteiger partial charge in [0.25, 0.3) is 0 Å². The standard InChI is InChI=1S/C16H22F3N3O3/c1-14(2,3)25-13(23)22-6-4-15(24,5-7-22)8-11-9-21-12(10-20-11)16(17,18)19/h9-10,24H,4-8H2,1-3H3. The van der Waals surface area contributed by atoms with Crippen LogP contribution in [0.2, 0.25) is 0 Å². The Bertz CT molecular complexity index is 604. The predicted molar refractivity (Wildman–Crippen MR) is 82.7 cm³/mol. The van der Waals surface area contributed by atoms with Crippen LogP contribution in [0.25, 0.3) is 0 Å². The average molecular weight is 361 g/mol. The second kappa shape index (κ2) is 6.78. The lowest BCUT2D eigenvalue weighted by molar-refractivity contribution is -0.141. The zero-order valence-corrected chi connectivity index (χ0v) is 14.4. The van der Waals surface area contributed by atoms with Gasteiger partial charge in [0.2, 0.25) is 0 Å². The van der Waals surface area contributed by atoms with Crippen molar-refractivity contribution in [1.29, 1.82) is 0 Å². The van der Waals surface area contributed by atoms with E-state index in [0.717, 1.165) is 6.20 Å². The van der Waals surface area contributed by atoms with E-state index in [4.69, 9.17) is 4.74 Å². The number of aromatic nitrogens is 2. The van der Waals surface area contributed by atoms with Crippen LogP contribution in [0.4, 0.5) is 18.0 Å². The summed E-state index contributed by atoms with van der Waals surface area (Å²) in [6.07, 6.45) is -2.63. The summed E-state index contributed by atoms with van der Waals surface area (Å²) in [5, 5.41) is 10.6. The van der Waals surface area contributed by atoms with Crippen LogP contribution < -0.4 is 0 Å². The van der Waals surface area contributed by atoms with Gasteiger partial charge in [0.1, 0.15) is 5.60 Å². The molecule has 6 nitrogen and oxygen atoms in total. The van der Waals surface area contributed by atoms with Gasteiger partial charge in [0.15, 0.2) is 5.69 Å². The number of ether oxygens (including phenoxy) is 1. The van der Waals surface area contributed by atoms with Crippen molar-refractivity contribution < 1.29 is 27.8 Å². The molecule has 0 saturated carbocycles. The van der Waals surface area contributed by atoms with Gasteiger partial charge in [0, 0.05) is 25.7 Å². The van der Waals surface area contributed by atoms with E-state index in [1.165, 1.54) is 4.90 Å².